The Balaban J connectivity index is 1.93. The van der Waals surface area contributed by atoms with Crippen LogP contribution in [0.4, 0.5) is 10.1 Å². The second kappa shape index (κ2) is 8.19. The highest BCUT2D eigenvalue weighted by Crippen LogP contribution is 2.36. The number of nitrogens with one attached hydrogen (secondary N) is 1. The van der Waals surface area contributed by atoms with Crippen molar-refractivity contribution in [3.8, 4) is 17.2 Å². The lowest BCUT2D eigenvalue weighted by Crippen LogP contribution is -2.13. The average molecular weight is 433 g/mol. The average Bonchev–Trinajstić information content (AvgIpc) is 3.07. The zero-order valence-electron chi connectivity index (χ0n) is 16.8. The Hall–Kier alpha value is -3.33. The summed E-state index contributed by atoms with van der Waals surface area (Å²) < 4.78 is 53.5. The molecule has 0 aliphatic heterocycles. The van der Waals surface area contributed by atoms with Gasteiger partial charge in [0, 0.05) is 18.4 Å². The van der Waals surface area contributed by atoms with Crippen LogP contribution in [-0.4, -0.2) is 27.7 Å². The molecule has 0 radical (unpaired) electrons. The quantitative estimate of drug-likeness (QED) is 0.615. The van der Waals surface area contributed by atoms with Gasteiger partial charge in [-0.1, -0.05) is 6.07 Å². The van der Waals surface area contributed by atoms with Gasteiger partial charge >= 0.3 is 0 Å². The van der Waals surface area contributed by atoms with Crippen molar-refractivity contribution in [2.24, 2.45) is 0 Å². The molecule has 0 fully saturated rings. The Bertz CT molecular complexity index is 1220. The van der Waals surface area contributed by atoms with Crippen molar-refractivity contribution in [3.63, 3.8) is 0 Å². The summed E-state index contributed by atoms with van der Waals surface area (Å²) in [6, 6.07) is 10.1. The van der Waals surface area contributed by atoms with E-state index in [1.807, 2.05) is 13.0 Å². The summed E-state index contributed by atoms with van der Waals surface area (Å²) >= 11 is 0. The molecule has 9 heteroatoms. The number of methoxy groups -OCH3 is 1. The fourth-order valence-electron chi connectivity index (χ4n) is 2.72. The Morgan fingerprint density at radius 1 is 1.03 bits per heavy atom. The van der Waals surface area contributed by atoms with Gasteiger partial charge in [-0.3, -0.25) is 4.79 Å². The van der Waals surface area contributed by atoms with Crippen LogP contribution in [0.25, 0.3) is 0 Å². The number of carbonyl (C=O) groups excluding carboxylic acids is 1. The SMILES string of the molecule is COc1cc(C)ccc1Oc1ccc(F)cc1NC(=O)c1cc(S(C)(=O)=O)oc1C. The maximum atomic E-state index is 13.8. The van der Waals surface area contributed by atoms with Gasteiger partial charge < -0.3 is 19.2 Å². The minimum atomic E-state index is -3.62. The first-order chi connectivity index (χ1) is 14.1. The summed E-state index contributed by atoms with van der Waals surface area (Å²) in [6.45, 7) is 3.36. The van der Waals surface area contributed by atoms with Crippen LogP contribution in [0, 0.1) is 19.7 Å². The maximum absolute atomic E-state index is 13.8. The lowest BCUT2D eigenvalue weighted by atomic mass is 10.2. The van der Waals surface area contributed by atoms with Crippen LogP contribution in [0.2, 0.25) is 0 Å². The summed E-state index contributed by atoms with van der Waals surface area (Å²) in [7, 11) is -2.13. The lowest BCUT2D eigenvalue weighted by Gasteiger charge is -2.15. The Morgan fingerprint density at radius 2 is 1.73 bits per heavy atom. The number of sulfone groups is 1. The molecule has 3 aromatic rings. The van der Waals surface area contributed by atoms with Crippen molar-refractivity contribution in [3.05, 3.63) is 65.2 Å². The van der Waals surface area contributed by atoms with Gasteiger partial charge in [-0.05, 0) is 43.7 Å². The molecule has 1 N–H and O–H groups in total. The molecular weight excluding hydrogens is 413 g/mol. The summed E-state index contributed by atoms with van der Waals surface area (Å²) in [5, 5.41) is 2.21. The van der Waals surface area contributed by atoms with Crippen molar-refractivity contribution in [2.45, 2.75) is 18.9 Å². The highest BCUT2D eigenvalue weighted by Gasteiger charge is 2.22. The molecule has 1 aromatic heterocycles. The number of hydrogen-bond donors (Lipinski definition) is 1. The number of furan rings is 1. The van der Waals surface area contributed by atoms with Crippen molar-refractivity contribution in [1.82, 2.24) is 0 Å². The first kappa shape index (κ1) is 21.4. The van der Waals surface area contributed by atoms with Gasteiger partial charge in [0.15, 0.2) is 17.2 Å². The van der Waals surface area contributed by atoms with Crippen molar-refractivity contribution >= 4 is 21.4 Å². The minimum Gasteiger partial charge on any atom is -0.493 e. The van der Waals surface area contributed by atoms with E-state index in [-0.39, 0.29) is 27.9 Å². The summed E-state index contributed by atoms with van der Waals surface area (Å²) in [4.78, 5) is 12.7. The molecule has 3 rings (SSSR count). The molecule has 0 aliphatic rings. The van der Waals surface area contributed by atoms with E-state index < -0.39 is 21.6 Å². The third-order valence-corrected chi connectivity index (χ3v) is 5.17. The van der Waals surface area contributed by atoms with Crippen LogP contribution in [0.1, 0.15) is 21.7 Å². The van der Waals surface area contributed by atoms with E-state index >= 15 is 0 Å². The second-order valence-electron chi connectivity index (χ2n) is 6.66. The van der Waals surface area contributed by atoms with Crippen LogP contribution in [0.15, 0.2) is 52.0 Å². The van der Waals surface area contributed by atoms with Gasteiger partial charge in [-0.15, -0.1) is 0 Å². The van der Waals surface area contributed by atoms with E-state index in [9.17, 15) is 17.6 Å². The number of amides is 1. The van der Waals surface area contributed by atoms with E-state index in [1.54, 1.807) is 12.1 Å². The van der Waals surface area contributed by atoms with Gasteiger partial charge in [0.1, 0.15) is 11.6 Å². The van der Waals surface area contributed by atoms with E-state index in [1.165, 1.54) is 26.2 Å². The van der Waals surface area contributed by atoms with Crippen LogP contribution in [-0.2, 0) is 9.84 Å². The Morgan fingerprint density at radius 3 is 2.37 bits per heavy atom. The normalized spacial score (nSPS) is 11.2. The monoisotopic (exact) mass is 433 g/mol. The molecule has 1 amide bonds. The molecule has 158 valence electrons. The zero-order chi connectivity index (χ0) is 22.1. The first-order valence-electron chi connectivity index (χ1n) is 8.82. The van der Waals surface area contributed by atoms with Crippen LogP contribution in [0.5, 0.6) is 17.2 Å². The largest absolute Gasteiger partial charge is 0.493 e. The van der Waals surface area contributed by atoms with Crippen LogP contribution in [0.3, 0.4) is 0 Å². The topological polar surface area (TPSA) is 94.8 Å². The van der Waals surface area contributed by atoms with Crippen molar-refractivity contribution in [1.29, 1.82) is 0 Å². The molecule has 1 heterocycles. The first-order valence-corrected chi connectivity index (χ1v) is 10.7. The Labute approximate surface area is 173 Å². The number of carbonyl (C=O) groups is 1. The van der Waals surface area contributed by atoms with E-state index in [0.717, 1.165) is 24.0 Å². The smallest absolute Gasteiger partial charge is 0.259 e. The molecule has 7 nitrogen and oxygen atoms in total. The molecule has 30 heavy (non-hydrogen) atoms. The molecule has 2 aromatic carbocycles. The standard InChI is InChI=1S/C21H20FNO6S/c1-12-5-7-18(19(9-12)27-3)29-17-8-6-14(22)10-16(17)23-21(24)15-11-20(28-13(15)2)30(4,25)26/h5-11H,1-4H3,(H,23,24). The van der Waals surface area contributed by atoms with Crippen molar-refractivity contribution < 1.29 is 31.5 Å². The van der Waals surface area contributed by atoms with Gasteiger partial charge in [0.05, 0.1) is 18.4 Å². The van der Waals surface area contributed by atoms with E-state index in [4.69, 9.17) is 13.9 Å². The van der Waals surface area contributed by atoms with Crippen LogP contribution >= 0.6 is 0 Å². The van der Waals surface area contributed by atoms with Crippen molar-refractivity contribution in [2.75, 3.05) is 18.7 Å². The number of benzene rings is 2. The number of halogens is 1. The predicted molar refractivity (Wildman–Crippen MR) is 109 cm³/mol. The molecule has 0 spiro atoms. The molecule has 0 atom stereocenters. The lowest BCUT2D eigenvalue weighted by molar-refractivity contribution is 0.102. The number of ether oxygens (including phenoxy) is 2. The van der Waals surface area contributed by atoms with Gasteiger partial charge in [-0.2, -0.15) is 0 Å². The van der Waals surface area contributed by atoms with Gasteiger partial charge in [0.25, 0.3) is 5.91 Å². The molecule has 0 aliphatic carbocycles. The summed E-state index contributed by atoms with van der Waals surface area (Å²) in [5.74, 6) is -0.112. The summed E-state index contributed by atoms with van der Waals surface area (Å²) in [6.07, 6.45) is 0.973. The predicted octanol–water partition coefficient (Wildman–Crippen LogP) is 4.49. The van der Waals surface area contributed by atoms with Crippen LogP contribution < -0.4 is 14.8 Å². The molecule has 0 unspecified atom stereocenters. The number of rotatable bonds is 6. The summed E-state index contributed by atoms with van der Waals surface area (Å²) in [5.41, 5.74) is 1.03. The van der Waals surface area contributed by atoms with Gasteiger partial charge in [-0.25, -0.2) is 12.8 Å². The van der Waals surface area contributed by atoms with E-state index in [0.29, 0.717) is 11.5 Å². The maximum Gasteiger partial charge on any atom is 0.259 e. The number of anilines is 1. The second-order valence-corrected chi connectivity index (χ2v) is 8.61. The third-order valence-electron chi connectivity index (χ3n) is 4.23. The number of hydrogen-bond acceptors (Lipinski definition) is 6. The molecule has 0 bridgehead atoms. The fraction of sp³-hybridized carbons (Fsp3) is 0.190. The van der Waals surface area contributed by atoms with E-state index in [2.05, 4.69) is 5.32 Å². The highest BCUT2D eigenvalue weighted by atomic mass is 32.2. The molecule has 0 saturated heterocycles. The fourth-order valence-corrected chi connectivity index (χ4v) is 3.33. The number of aryl methyl sites for hydroxylation is 2. The highest BCUT2D eigenvalue weighted by molar-refractivity contribution is 7.90. The molecular formula is C21H20FNO6S. The minimum absolute atomic E-state index is 0.0125. The Kier molecular flexibility index (Phi) is 5.84. The zero-order valence-corrected chi connectivity index (χ0v) is 17.6. The molecule has 0 saturated carbocycles. The third kappa shape index (κ3) is 4.62. The van der Waals surface area contributed by atoms with Gasteiger partial charge in [0.2, 0.25) is 14.9 Å².